The van der Waals surface area contributed by atoms with Gasteiger partial charge in [0.15, 0.2) is 5.60 Å². The van der Waals surface area contributed by atoms with Crippen molar-refractivity contribution < 1.29 is 9.53 Å². The summed E-state index contributed by atoms with van der Waals surface area (Å²) in [6.07, 6.45) is 4.68. The molecule has 0 saturated heterocycles. The molecule has 0 aliphatic carbocycles. The molecular weight excluding hydrogens is 240 g/mol. The lowest BCUT2D eigenvalue weighted by atomic mass is 10.1. The largest absolute Gasteiger partial charge is 0.478 e. The monoisotopic (exact) mass is 258 g/mol. The number of aromatic nitrogens is 2. The van der Waals surface area contributed by atoms with E-state index in [-0.39, 0.29) is 5.91 Å². The third-order valence-electron chi connectivity index (χ3n) is 3.17. The fourth-order valence-electron chi connectivity index (χ4n) is 1.84. The normalized spacial score (nSPS) is 11.4. The summed E-state index contributed by atoms with van der Waals surface area (Å²) in [5, 5.41) is 0. The molecule has 1 aromatic heterocycles. The lowest BCUT2D eigenvalue weighted by molar-refractivity contribution is 0.0485. The Hall–Kier alpha value is -2.10. The Bertz CT molecular complexity index is 586. The number of imidazole rings is 1. The van der Waals surface area contributed by atoms with Crippen LogP contribution in [0.15, 0.2) is 36.9 Å². The second kappa shape index (κ2) is 4.88. The van der Waals surface area contributed by atoms with Crippen LogP contribution in [0.1, 0.15) is 29.8 Å². The van der Waals surface area contributed by atoms with E-state index < -0.39 is 5.60 Å². The molecule has 0 amide bonds. The van der Waals surface area contributed by atoms with Gasteiger partial charge >= 0.3 is 0 Å². The average molecular weight is 258 g/mol. The first-order chi connectivity index (χ1) is 8.92. The van der Waals surface area contributed by atoms with E-state index in [9.17, 15) is 4.79 Å². The van der Waals surface area contributed by atoms with Crippen LogP contribution < -0.4 is 4.74 Å². The first kappa shape index (κ1) is 13.3. The zero-order valence-electron chi connectivity index (χ0n) is 11.7. The Labute approximate surface area is 113 Å². The second-order valence-corrected chi connectivity index (χ2v) is 5.09. The van der Waals surface area contributed by atoms with Gasteiger partial charge in [-0.05, 0) is 44.9 Å². The van der Waals surface area contributed by atoms with Crippen LogP contribution in [0.4, 0.5) is 0 Å². The molecule has 2 rings (SSSR count). The molecule has 100 valence electrons. The van der Waals surface area contributed by atoms with Gasteiger partial charge in [0.25, 0.3) is 5.91 Å². The highest BCUT2D eigenvalue weighted by Crippen LogP contribution is 2.25. The Balaban J connectivity index is 2.26. The van der Waals surface area contributed by atoms with Crippen LogP contribution in [0.25, 0.3) is 0 Å². The fourth-order valence-corrected chi connectivity index (χ4v) is 1.84. The maximum absolute atomic E-state index is 12.3. The maximum Gasteiger partial charge on any atom is 0.275 e. The minimum Gasteiger partial charge on any atom is -0.478 e. The summed E-state index contributed by atoms with van der Waals surface area (Å²) in [6, 6.07) is 5.83. The van der Waals surface area contributed by atoms with Crippen LogP contribution in [0, 0.1) is 13.8 Å². The van der Waals surface area contributed by atoms with Crippen molar-refractivity contribution in [2.24, 2.45) is 0 Å². The van der Waals surface area contributed by atoms with Gasteiger partial charge in [0, 0.05) is 12.4 Å². The molecule has 1 heterocycles. The third kappa shape index (κ3) is 2.67. The zero-order chi connectivity index (χ0) is 14.0. The standard InChI is InChI=1S/C15H18N2O2/c1-11-6-5-7-13(12(11)2)19-15(3,4)14(18)17-9-8-16-10-17/h5-10H,1-4H3. The lowest BCUT2D eigenvalue weighted by Crippen LogP contribution is -2.41. The van der Waals surface area contributed by atoms with E-state index >= 15 is 0 Å². The summed E-state index contributed by atoms with van der Waals surface area (Å²) in [5.74, 6) is 0.587. The van der Waals surface area contributed by atoms with E-state index in [1.807, 2.05) is 32.0 Å². The SMILES string of the molecule is Cc1cccc(OC(C)(C)C(=O)n2ccnc2)c1C. The molecule has 0 aliphatic heterocycles. The number of nitrogens with zero attached hydrogens (tertiary/aromatic N) is 2. The number of benzene rings is 1. The van der Waals surface area contributed by atoms with Gasteiger partial charge in [-0.15, -0.1) is 0 Å². The number of rotatable bonds is 3. The predicted octanol–water partition coefficient (Wildman–Crippen LogP) is 3.00. The Morgan fingerprint density at radius 2 is 2.05 bits per heavy atom. The highest BCUT2D eigenvalue weighted by molar-refractivity contribution is 5.86. The Morgan fingerprint density at radius 1 is 1.32 bits per heavy atom. The van der Waals surface area contributed by atoms with Crippen molar-refractivity contribution in [3.63, 3.8) is 0 Å². The minimum absolute atomic E-state index is 0.147. The van der Waals surface area contributed by atoms with Crippen LogP contribution in [0.5, 0.6) is 5.75 Å². The Morgan fingerprint density at radius 3 is 2.68 bits per heavy atom. The van der Waals surface area contributed by atoms with E-state index in [1.165, 1.54) is 10.9 Å². The molecule has 4 heteroatoms. The van der Waals surface area contributed by atoms with Crippen molar-refractivity contribution in [3.8, 4) is 5.75 Å². The van der Waals surface area contributed by atoms with Crippen molar-refractivity contribution in [3.05, 3.63) is 48.0 Å². The van der Waals surface area contributed by atoms with Crippen molar-refractivity contribution in [2.75, 3.05) is 0 Å². The molecule has 1 aromatic carbocycles. The second-order valence-electron chi connectivity index (χ2n) is 5.09. The molecule has 4 nitrogen and oxygen atoms in total. The lowest BCUT2D eigenvalue weighted by Gasteiger charge is -2.26. The molecule has 19 heavy (non-hydrogen) atoms. The van der Waals surface area contributed by atoms with Crippen LogP contribution >= 0.6 is 0 Å². The van der Waals surface area contributed by atoms with Crippen molar-refractivity contribution in [1.82, 2.24) is 9.55 Å². The molecule has 0 atom stereocenters. The summed E-state index contributed by atoms with van der Waals surface area (Å²) in [7, 11) is 0. The molecule has 0 spiro atoms. The summed E-state index contributed by atoms with van der Waals surface area (Å²) in [6.45, 7) is 7.53. The quantitative estimate of drug-likeness (QED) is 0.850. The molecule has 0 radical (unpaired) electrons. The average Bonchev–Trinajstić information content (AvgIpc) is 2.87. The zero-order valence-corrected chi connectivity index (χ0v) is 11.7. The highest BCUT2D eigenvalue weighted by atomic mass is 16.5. The number of hydrogen-bond acceptors (Lipinski definition) is 3. The van der Waals surface area contributed by atoms with Gasteiger partial charge < -0.3 is 4.74 Å². The molecule has 0 N–H and O–H groups in total. The minimum atomic E-state index is -0.945. The van der Waals surface area contributed by atoms with Crippen molar-refractivity contribution in [1.29, 1.82) is 0 Å². The first-order valence-corrected chi connectivity index (χ1v) is 6.20. The number of aryl methyl sites for hydroxylation is 1. The van der Waals surface area contributed by atoms with Gasteiger partial charge in [0.05, 0.1) is 0 Å². The number of carbonyl (C=O) groups excluding carboxylic acids is 1. The van der Waals surface area contributed by atoms with Crippen LogP contribution in [-0.2, 0) is 0 Å². The molecule has 0 aliphatic rings. The van der Waals surface area contributed by atoms with Gasteiger partial charge in [0.2, 0.25) is 0 Å². The van der Waals surface area contributed by atoms with Crippen LogP contribution in [-0.4, -0.2) is 21.1 Å². The topological polar surface area (TPSA) is 44.1 Å². The van der Waals surface area contributed by atoms with Gasteiger partial charge in [-0.1, -0.05) is 12.1 Å². The van der Waals surface area contributed by atoms with Crippen molar-refractivity contribution in [2.45, 2.75) is 33.3 Å². The van der Waals surface area contributed by atoms with E-state index in [1.54, 1.807) is 26.2 Å². The summed E-state index contributed by atoms with van der Waals surface area (Å²) in [5.41, 5.74) is 1.25. The molecule has 0 saturated carbocycles. The number of ether oxygens (including phenoxy) is 1. The van der Waals surface area contributed by atoms with Crippen LogP contribution in [0.2, 0.25) is 0 Å². The third-order valence-corrected chi connectivity index (χ3v) is 3.17. The van der Waals surface area contributed by atoms with Gasteiger partial charge in [-0.2, -0.15) is 0 Å². The number of hydrogen-bond donors (Lipinski definition) is 0. The predicted molar refractivity (Wildman–Crippen MR) is 73.5 cm³/mol. The highest BCUT2D eigenvalue weighted by Gasteiger charge is 2.31. The first-order valence-electron chi connectivity index (χ1n) is 6.20. The van der Waals surface area contributed by atoms with Crippen LogP contribution in [0.3, 0.4) is 0 Å². The fraction of sp³-hybridized carbons (Fsp3) is 0.333. The molecular formula is C15H18N2O2. The van der Waals surface area contributed by atoms with E-state index in [2.05, 4.69) is 4.98 Å². The Kier molecular flexibility index (Phi) is 3.42. The molecule has 0 unspecified atom stereocenters. The van der Waals surface area contributed by atoms with Gasteiger partial charge in [-0.25, -0.2) is 4.98 Å². The van der Waals surface area contributed by atoms with E-state index in [0.717, 1.165) is 16.9 Å². The molecule has 0 bridgehead atoms. The summed E-state index contributed by atoms with van der Waals surface area (Å²) >= 11 is 0. The van der Waals surface area contributed by atoms with Gasteiger partial charge in [-0.3, -0.25) is 9.36 Å². The number of carbonyl (C=O) groups is 1. The molecule has 2 aromatic rings. The van der Waals surface area contributed by atoms with E-state index in [4.69, 9.17) is 4.74 Å². The van der Waals surface area contributed by atoms with Crippen molar-refractivity contribution >= 4 is 5.91 Å². The summed E-state index contributed by atoms with van der Waals surface area (Å²) in [4.78, 5) is 16.2. The molecule has 0 fully saturated rings. The van der Waals surface area contributed by atoms with E-state index in [0.29, 0.717) is 0 Å². The van der Waals surface area contributed by atoms with Gasteiger partial charge in [0.1, 0.15) is 12.1 Å². The maximum atomic E-state index is 12.3. The summed E-state index contributed by atoms with van der Waals surface area (Å²) < 4.78 is 7.34. The smallest absolute Gasteiger partial charge is 0.275 e.